The van der Waals surface area contributed by atoms with Crippen molar-refractivity contribution in [3.63, 3.8) is 0 Å². The molecule has 2 heterocycles. The first-order valence-electron chi connectivity index (χ1n) is 9.34. The van der Waals surface area contributed by atoms with Crippen LogP contribution in [0.5, 0.6) is 0 Å². The third kappa shape index (κ3) is 4.68. The SMILES string of the molecule is CC(C)CCC(C)NC(=O)CSCc1nc2sc3c(c2c(=O)[nH]1)CCC3. The summed E-state index contributed by atoms with van der Waals surface area (Å²) in [4.78, 5) is 34.1. The molecule has 5 nitrogen and oxygen atoms in total. The molecule has 0 aliphatic heterocycles. The van der Waals surface area contributed by atoms with Gasteiger partial charge in [-0.1, -0.05) is 13.8 Å². The van der Waals surface area contributed by atoms with E-state index < -0.39 is 0 Å². The molecule has 0 bridgehead atoms. The molecule has 0 radical (unpaired) electrons. The van der Waals surface area contributed by atoms with E-state index in [2.05, 4.69) is 29.1 Å². The van der Waals surface area contributed by atoms with Crippen LogP contribution in [0.1, 0.15) is 56.3 Å². The maximum absolute atomic E-state index is 12.4. The maximum Gasteiger partial charge on any atom is 0.259 e. The number of aromatic amines is 1. The molecule has 1 aliphatic rings. The number of H-pyrrole nitrogens is 1. The summed E-state index contributed by atoms with van der Waals surface area (Å²) in [5.74, 6) is 2.29. The predicted octanol–water partition coefficient (Wildman–Crippen LogP) is 3.65. The molecule has 2 N–H and O–H groups in total. The molecule has 2 aromatic heterocycles. The van der Waals surface area contributed by atoms with Gasteiger partial charge in [-0.05, 0) is 50.5 Å². The zero-order valence-corrected chi connectivity index (χ0v) is 17.3. The fraction of sp³-hybridized carbons (Fsp3) is 0.632. The van der Waals surface area contributed by atoms with Crippen LogP contribution in [0.3, 0.4) is 0 Å². The monoisotopic (exact) mass is 393 g/mol. The largest absolute Gasteiger partial charge is 0.353 e. The van der Waals surface area contributed by atoms with E-state index in [1.165, 1.54) is 22.2 Å². The number of fused-ring (bicyclic) bond motifs is 3. The van der Waals surface area contributed by atoms with Gasteiger partial charge in [0.05, 0.1) is 16.9 Å². The van der Waals surface area contributed by atoms with E-state index in [1.807, 2.05) is 6.92 Å². The van der Waals surface area contributed by atoms with E-state index in [9.17, 15) is 9.59 Å². The van der Waals surface area contributed by atoms with Gasteiger partial charge in [-0.2, -0.15) is 0 Å². The lowest BCUT2D eigenvalue weighted by Crippen LogP contribution is -2.34. The molecule has 1 unspecified atom stereocenters. The standard InChI is InChI=1S/C19H27N3O2S2/c1-11(2)7-8-12(3)20-16(23)10-25-9-15-21-18(24)17-13-5-4-6-14(13)26-19(17)22-15/h11-12H,4-10H2,1-3H3,(H,20,23)(H,21,22,24). The quantitative estimate of drug-likeness (QED) is 0.718. The fourth-order valence-corrected chi connectivity index (χ4v) is 5.31. The second kappa shape index (κ2) is 8.57. The summed E-state index contributed by atoms with van der Waals surface area (Å²) in [6.45, 7) is 6.43. The van der Waals surface area contributed by atoms with Gasteiger partial charge in [0, 0.05) is 10.9 Å². The fourth-order valence-electron chi connectivity index (χ4n) is 3.33. The highest BCUT2D eigenvalue weighted by molar-refractivity contribution is 7.99. The number of nitrogens with one attached hydrogen (secondary N) is 2. The van der Waals surface area contributed by atoms with Gasteiger partial charge in [-0.15, -0.1) is 23.1 Å². The molecule has 0 saturated heterocycles. The van der Waals surface area contributed by atoms with Crippen molar-refractivity contribution in [1.82, 2.24) is 15.3 Å². The Kier molecular flexibility index (Phi) is 6.40. The van der Waals surface area contributed by atoms with Gasteiger partial charge >= 0.3 is 0 Å². The average Bonchev–Trinajstić information content (AvgIpc) is 3.13. The van der Waals surface area contributed by atoms with Crippen molar-refractivity contribution in [2.24, 2.45) is 5.92 Å². The van der Waals surface area contributed by atoms with E-state index in [0.29, 0.717) is 23.2 Å². The number of carbonyl (C=O) groups is 1. The molecule has 7 heteroatoms. The Bertz CT molecular complexity index is 841. The van der Waals surface area contributed by atoms with E-state index in [1.54, 1.807) is 11.3 Å². The Labute approximate surface area is 162 Å². The molecule has 0 aromatic carbocycles. The van der Waals surface area contributed by atoms with Crippen molar-refractivity contribution < 1.29 is 4.79 Å². The summed E-state index contributed by atoms with van der Waals surface area (Å²) in [7, 11) is 0. The number of amides is 1. The van der Waals surface area contributed by atoms with Crippen LogP contribution in [0.15, 0.2) is 4.79 Å². The molecular formula is C19H27N3O2S2. The van der Waals surface area contributed by atoms with E-state index >= 15 is 0 Å². The summed E-state index contributed by atoms with van der Waals surface area (Å²) < 4.78 is 0. The van der Waals surface area contributed by atoms with Crippen molar-refractivity contribution in [2.75, 3.05) is 5.75 Å². The second-order valence-electron chi connectivity index (χ2n) is 7.48. The van der Waals surface area contributed by atoms with Gasteiger partial charge < -0.3 is 10.3 Å². The number of aryl methyl sites for hydroxylation is 2. The summed E-state index contributed by atoms with van der Waals surface area (Å²) in [6, 6.07) is 0.202. The molecule has 142 valence electrons. The Morgan fingerprint density at radius 3 is 2.88 bits per heavy atom. The van der Waals surface area contributed by atoms with Gasteiger partial charge in [0.1, 0.15) is 10.7 Å². The highest BCUT2D eigenvalue weighted by atomic mass is 32.2. The van der Waals surface area contributed by atoms with Gasteiger partial charge in [0.15, 0.2) is 0 Å². The zero-order valence-electron chi connectivity index (χ0n) is 15.7. The summed E-state index contributed by atoms with van der Waals surface area (Å²) in [5, 5.41) is 3.82. The van der Waals surface area contributed by atoms with Crippen LogP contribution in [0.25, 0.3) is 10.2 Å². The van der Waals surface area contributed by atoms with Crippen molar-refractivity contribution >= 4 is 39.2 Å². The van der Waals surface area contributed by atoms with Crippen LogP contribution in [-0.4, -0.2) is 27.7 Å². The number of hydrogen-bond donors (Lipinski definition) is 2. The number of hydrogen-bond acceptors (Lipinski definition) is 5. The maximum atomic E-state index is 12.4. The number of aromatic nitrogens is 2. The highest BCUT2D eigenvalue weighted by Crippen LogP contribution is 2.34. The average molecular weight is 394 g/mol. The minimum absolute atomic E-state index is 0.0308. The Hall–Kier alpha value is -1.34. The first kappa shape index (κ1) is 19.4. The molecule has 1 aliphatic carbocycles. The normalized spacial score (nSPS) is 14.8. The van der Waals surface area contributed by atoms with Gasteiger partial charge in [0.2, 0.25) is 5.91 Å². The molecule has 1 atom stereocenters. The second-order valence-corrected chi connectivity index (χ2v) is 9.55. The molecule has 2 aromatic rings. The van der Waals surface area contributed by atoms with Gasteiger partial charge in [-0.3, -0.25) is 9.59 Å². The topological polar surface area (TPSA) is 74.8 Å². The first-order valence-corrected chi connectivity index (χ1v) is 11.3. The van der Waals surface area contributed by atoms with Crippen molar-refractivity contribution in [3.8, 4) is 0 Å². The van der Waals surface area contributed by atoms with E-state index in [-0.39, 0.29) is 17.5 Å². The van der Waals surface area contributed by atoms with Crippen LogP contribution >= 0.6 is 23.1 Å². The third-order valence-electron chi connectivity index (χ3n) is 4.68. The lowest BCUT2D eigenvalue weighted by molar-refractivity contribution is -0.119. The van der Waals surface area contributed by atoms with Crippen molar-refractivity contribution in [2.45, 2.75) is 64.7 Å². The predicted molar refractivity (Wildman–Crippen MR) is 110 cm³/mol. The third-order valence-corrected chi connectivity index (χ3v) is 6.81. The summed E-state index contributed by atoms with van der Waals surface area (Å²) in [6.07, 6.45) is 5.31. The number of carbonyl (C=O) groups excluding carboxylic acids is 1. The summed E-state index contributed by atoms with van der Waals surface area (Å²) in [5.41, 5.74) is 1.17. The van der Waals surface area contributed by atoms with Gasteiger partial charge in [-0.25, -0.2) is 4.98 Å². The number of nitrogens with zero attached hydrogens (tertiary/aromatic N) is 1. The molecule has 1 amide bonds. The van der Waals surface area contributed by atoms with E-state index in [4.69, 9.17) is 0 Å². The van der Waals surface area contributed by atoms with Crippen LogP contribution in [-0.2, 0) is 23.4 Å². The highest BCUT2D eigenvalue weighted by Gasteiger charge is 2.21. The molecule has 3 rings (SSSR count). The van der Waals surface area contributed by atoms with Crippen molar-refractivity contribution in [1.29, 1.82) is 0 Å². The summed E-state index contributed by atoms with van der Waals surface area (Å²) >= 11 is 3.14. The Morgan fingerprint density at radius 2 is 2.12 bits per heavy atom. The van der Waals surface area contributed by atoms with Crippen LogP contribution in [0.2, 0.25) is 0 Å². The van der Waals surface area contributed by atoms with Crippen LogP contribution in [0.4, 0.5) is 0 Å². The lowest BCUT2D eigenvalue weighted by Gasteiger charge is -2.14. The minimum atomic E-state index is -0.0308. The molecule has 0 fully saturated rings. The number of thiophene rings is 1. The number of rotatable bonds is 8. The van der Waals surface area contributed by atoms with Crippen LogP contribution in [0, 0.1) is 5.92 Å². The molecular weight excluding hydrogens is 366 g/mol. The lowest BCUT2D eigenvalue weighted by atomic mass is 10.0. The van der Waals surface area contributed by atoms with Gasteiger partial charge in [0.25, 0.3) is 5.56 Å². The molecule has 0 saturated carbocycles. The first-order chi connectivity index (χ1) is 12.4. The Balaban J connectivity index is 1.52. The molecule has 0 spiro atoms. The molecule has 26 heavy (non-hydrogen) atoms. The van der Waals surface area contributed by atoms with E-state index in [0.717, 1.165) is 42.3 Å². The van der Waals surface area contributed by atoms with Crippen LogP contribution < -0.4 is 10.9 Å². The Morgan fingerprint density at radius 1 is 1.31 bits per heavy atom. The zero-order chi connectivity index (χ0) is 18.7. The van der Waals surface area contributed by atoms with Crippen molar-refractivity contribution in [3.05, 3.63) is 26.6 Å². The number of thioether (sulfide) groups is 1. The smallest absolute Gasteiger partial charge is 0.259 e. The minimum Gasteiger partial charge on any atom is -0.353 e.